The molecule has 2 aliphatic rings. The molecule has 0 radical (unpaired) electrons. The summed E-state index contributed by atoms with van der Waals surface area (Å²) in [5, 5.41) is 2.99. The molecule has 2 fully saturated rings. The lowest BCUT2D eigenvalue weighted by atomic mass is 9.84. The molecular weight excluding hydrogens is 318 g/mol. The van der Waals surface area contributed by atoms with E-state index in [-0.39, 0.29) is 23.4 Å². The lowest BCUT2D eigenvalue weighted by Gasteiger charge is -2.45. The van der Waals surface area contributed by atoms with Gasteiger partial charge in [-0.25, -0.2) is 9.97 Å². The largest absolute Gasteiger partial charge is 0.356 e. The highest BCUT2D eigenvalue weighted by molar-refractivity contribution is 5.76. The molecule has 136 valence electrons. The first-order chi connectivity index (χ1) is 11.8. The van der Waals surface area contributed by atoms with Gasteiger partial charge in [-0.05, 0) is 33.1 Å². The molecule has 3 rings (SSSR count). The number of carbonyl (C=O) groups excluding carboxylic acids is 2. The van der Waals surface area contributed by atoms with Crippen LogP contribution in [0, 0.1) is 13.8 Å². The minimum absolute atomic E-state index is 0.0325. The molecule has 1 atom stereocenters. The number of anilines is 1. The molecule has 2 aliphatic heterocycles. The number of hydrogen-bond acceptors (Lipinski definition) is 5. The van der Waals surface area contributed by atoms with Gasteiger partial charge in [0.25, 0.3) is 0 Å². The molecule has 1 aromatic rings. The average molecular weight is 345 g/mol. The molecule has 0 aliphatic carbocycles. The molecule has 1 aromatic heterocycles. The Labute approximate surface area is 148 Å². The summed E-state index contributed by atoms with van der Waals surface area (Å²) >= 11 is 0. The van der Waals surface area contributed by atoms with Crippen LogP contribution in [0.25, 0.3) is 0 Å². The van der Waals surface area contributed by atoms with E-state index < -0.39 is 0 Å². The number of aryl methyl sites for hydroxylation is 2. The summed E-state index contributed by atoms with van der Waals surface area (Å²) < 4.78 is 0. The quantitative estimate of drug-likeness (QED) is 0.871. The van der Waals surface area contributed by atoms with Gasteiger partial charge in [0.1, 0.15) is 11.6 Å². The molecule has 2 amide bonds. The molecule has 1 N–H and O–H groups in total. The van der Waals surface area contributed by atoms with E-state index >= 15 is 0 Å². The number of hydrogen-bond donors (Lipinski definition) is 1. The summed E-state index contributed by atoms with van der Waals surface area (Å²) in [6.45, 7) is 9.37. The van der Waals surface area contributed by atoms with Crippen molar-refractivity contribution in [2.45, 2.75) is 58.5 Å². The van der Waals surface area contributed by atoms with Gasteiger partial charge in [-0.1, -0.05) is 0 Å². The standard InChI is InChI=1S/C18H27N5O2/c1-12-9-17(20-13(2)19-12)22-7-5-18(6-8-22)10-16(21-14(3)24)11-23(18)15(4)25/h9,16H,5-8,10-11H2,1-4H3,(H,21,24). The number of amides is 2. The molecule has 0 aromatic carbocycles. The number of aromatic nitrogens is 2. The summed E-state index contributed by atoms with van der Waals surface area (Å²) in [7, 11) is 0. The molecule has 3 heterocycles. The molecule has 25 heavy (non-hydrogen) atoms. The van der Waals surface area contributed by atoms with Crippen molar-refractivity contribution in [3.05, 3.63) is 17.6 Å². The summed E-state index contributed by atoms with van der Waals surface area (Å²) in [6.07, 6.45) is 2.62. The van der Waals surface area contributed by atoms with Crippen LogP contribution in [0.15, 0.2) is 6.07 Å². The summed E-state index contributed by atoms with van der Waals surface area (Å²) in [5.41, 5.74) is 0.826. The molecule has 7 nitrogen and oxygen atoms in total. The smallest absolute Gasteiger partial charge is 0.219 e. The fourth-order valence-electron chi connectivity index (χ4n) is 4.38. The number of nitrogens with one attached hydrogen (secondary N) is 1. The second-order valence-electron chi connectivity index (χ2n) is 7.36. The number of carbonyl (C=O) groups is 2. The van der Waals surface area contributed by atoms with E-state index in [9.17, 15) is 9.59 Å². The Morgan fingerprint density at radius 2 is 1.88 bits per heavy atom. The van der Waals surface area contributed by atoms with Crippen LogP contribution < -0.4 is 10.2 Å². The van der Waals surface area contributed by atoms with E-state index in [1.165, 1.54) is 6.92 Å². The lowest BCUT2D eigenvalue weighted by Crippen LogP contribution is -2.53. The number of likely N-dealkylation sites (tertiary alicyclic amines) is 1. The van der Waals surface area contributed by atoms with Gasteiger partial charge in [0.05, 0.1) is 0 Å². The Morgan fingerprint density at radius 3 is 2.44 bits per heavy atom. The first kappa shape index (κ1) is 17.6. The van der Waals surface area contributed by atoms with Crippen LogP contribution in [0.2, 0.25) is 0 Å². The van der Waals surface area contributed by atoms with Crippen molar-refractivity contribution < 1.29 is 9.59 Å². The minimum atomic E-state index is -0.146. The van der Waals surface area contributed by atoms with Gasteiger partial charge in [-0.15, -0.1) is 0 Å². The van der Waals surface area contributed by atoms with E-state index in [0.29, 0.717) is 6.54 Å². The fraction of sp³-hybridized carbons (Fsp3) is 0.667. The van der Waals surface area contributed by atoms with E-state index in [1.807, 2.05) is 24.8 Å². The predicted molar refractivity (Wildman–Crippen MR) is 95.3 cm³/mol. The van der Waals surface area contributed by atoms with E-state index in [2.05, 4.69) is 20.2 Å². The van der Waals surface area contributed by atoms with Crippen LogP contribution in [-0.2, 0) is 9.59 Å². The molecule has 0 bridgehead atoms. The Balaban J connectivity index is 1.74. The van der Waals surface area contributed by atoms with Crippen molar-refractivity contribution >= 4 is 17.6 Å². The summed E-state index contributed by atoms with van der Waals surface area (Å²) in [5.74, 6) is 1.81. The van der Waals surface area contributed by atoms with Gasteiger partial charge in [-0.2, -0.15) is 0 Å². The van der Waals surface area contributed by atoms with Crippen LogP contribution in [0.3, 0.4) is 0 Å². The van der Waals surface area contributed by atoms with Gasteiger partial charge in [0.15, 0.2) is 0 Å². The zero-order chi connectivity index (χ0) is 18.2. The van der Waals surface area contributed by atoms with Crippen molar-refractivity contribution in [3.63, 3.8) is 0 Å². The number of nitrogens with zero attached hydrogens (tertiary/aromatic N) is 4. The van der Waals surface area contributed by atoms with Crippen molar-refractivity contribution in [1.82, 2.24) is 20.2 Å². The maximum Gasteiger partial charge on any atom is 0.219 e. The fourth-order valence-corrected chi connectivity index (χ4v) is 4.38. The van der Waals surface area contributed by atoms with Crippen molar-refractivity contribution in [2.75, 3.05) is 24.5 Å². The molecule has 1 spiro atoms. The molecule has 0 saturated carbocycles. The summed E-state index contributed by atoms with van der Waals surface area (Å²) in [6, 6.07) is 2.07. The van der Waals surface area contributed by atoms with Crippen LogP contribution in [0.4, 0.5) is 5.82 Å². The monoisotopic (exact) mass is 345 g/mol. The SMILES string of the molecule is CC(=O)NC1CN(C(C)=O)C2(CCN(c3cc(C)nc(C)n3)CC2)C1. The Hall–Kier alpha value is -2.18. The zero-order valence-electron chi connectivity index (χ0n) is 15.5. The molecule has 7 heteroatoms. The zero-order valence-corrected chi connectivity index (χ0v) is 15.5. The second-order valence-corrected chi connectivity index (χ2v) is 7.36. The van der Waals surface area contributed by atoms with E-state index in [4.69, 9.17) is 0 Å². The highest BCUT2D eigenvalue weighted by atomic mass is 16.2. The van der Waals surface area contributed by atoms with Crippen LogP contribution in [-0.4, -0.2) is 57.9 Å². The second kappa shape index (κ2) is 6.61. The Kier molecular flexibility index (Phi) is 4.67. The normalized spacial score (nSPS) is 22.3. The maximum atomic E-state index is 12.2. The Bertz CT molecular complexity index is 662. The van der Waals surface area contributed by atoms with Crippen molar-refractivity contribution in [1.29, 1.82) is 0 Å². The third-order valence-corrected chi connectivity index (χ3v) is 5.36. The average Bonchev–Trinajstić information content (AvgIpc) is 2.84. The number of piperidine rings is 1. The number of rotatable bonds is 2. The topological polar surface area (TPSA) is 78.4 Å². The molecule has 2 saturated heterocycles. The van der Waals surface area contributed by atoms with Crippen molar-refractivity contribution in [2.24, 2.45) is 0 Å². The van der Waals surface area contributed by atoms with Gasteiger partial charge in [0.2, 0.25) is 11.8 Å². The first-order valence-corrected chi connectivity index (χ1v) is 8.92. The third-order valence-electron chi connectivity index (χ3n) is 5.36. The maximum absolute atomic E-state index is 12.2. The first-order valence-electron chi connectivity index (χ1n) is 8.92. The van der Waals surface area contributed by atoms with Crippen LogP contribution >= 0.6 is 0 Å². The van der Waals surface area contributed by atoms with Crippen LogP contribution in [0.1, 0.15) is 44.6 Å². The molecule has 1 unspecified atom stereocenters. The predicted octanol–water partition coefficient (Wildman–Crippen LogP) is 1.19. The Morgan fingerprint density at radius 1 is 1.20 bits per heavy atom. The van der Waals surface area contributed by atoms with E-state index in [0.717, 1.165) is 49.7 Å². The highest BCUT2D eigenvalue weighted by Gasteiger charge is 2.48. The summed E-state index contributed by atoms with van der Waals surface area (Å²) in [4.78, 5) is 36.7. The highest BCUT2D eigenvalue weighted by Crippen LogP contribution is 2.39. The minimum Gasteiger partial charge on any atom is -0.356 e. The van der Waals surface area contributed by atoms with Gasteiger partial charge < -0.3 is 15.1 Å². The molecular formula is C18H27N5O2. The van der Waals surface area contributed by atoms with Crippen LogP contribution in [0.5, 0.6) is 0 Å². The van der Waals surface area contributed by atoms with Gasteiger partial charge in [0, 0.05) is 56.8 Å². The van der Waals surface area contributed by atoms with Gasteiger partial charge in [-0.3, -0.25) is 9.59 Å². The lowest BCUT2D eigenvalue weighted by molar-refractivity contribution is -0.133. The van der Waals surface area contributed by atoms with E-state index in [1.54, 1.807) is 6.92 Å². The van der Waals surface area contributed by atoms with Gasteiger partial charge >= 0.3 is 0 Å². The third kappa shape index (κ3) is 3.60. The van der Waals surface area contributed by atoms with Crippen molar-refractivity contribution in [3.8, 4) is 0 Å².